The molecular formula is C9H9N. The zero-order valence-corrected chi connectivity index (χ0v) is 5.54. The number of hydrogen-bond donors (Lipinski definition) is 0. The zero-order chi connectivity index (χ0) is 8.60. The summed E-state index contributed by atoms with van der Waals surface area (Å²) in [4.78, 5) is 3.97. The van der Waals surface area contributed by atoms with Crippen LogP contribution in [0.3, 0.4) is 0 Å². The van der Waals surface area contributed by atoms with Crippen LogP contribution in [0.2, 0.25) is 0 Å². The Labute approximate surface area is 63.2 Å². The maximum absolute atomic E-state index is 7.52. The van der Waals surface area contributed by atoms with E-state index in [1.165, 1.54) is 0 Å². The Balaban J connectivity index is 2.46. The number of fused-ring (bicyclic) bond motifs is 1. The van der Waals surface area contributed by atoms with Crippen molar-refractivity contribution in [1.82, 2.24) is 4.98 Å². The summed E-state index contributed by atoms with van der Waals surface area (Å²) in [6.45, 7) is 0. The maximum Gasteiger partial charge on any atom is 0.0342 e. The van der Waals surface area contributed by atoms with Crippen molar-refractivity contribution in [3.8, 4) is 0 Å². The first-order chi connectivity index (χ1) is 5.67. The molecule has 0 aliphatic heterocycles. The molecule has 0 saturated heterocycles. The van der Waals surface area contributed by atoms with E-state index in [-0.39, 0.29) is 0 Å². The molecule has 1 aromatic rings. The quantitative estimate of drug-likeness (QED) is 0.527. The molecule has 0 fully saturated rings. The van der Waals surface area contributed by atoms with Crippen molar-refractivity contribution in [1.29, 1.82) is 0 Å². The minimum absolute atomic E-state index is 0.460. The second-order valence-electron chi connectivity index (χ2n) is 2.29. The molecule has 0 atom stereocenters. The molecule has 0 saturated carbocycles. The second kappa shape index (κ2) is 2.25. The van der Waals surface area contributed by atoms with Crippen LogP contribution in [0, 0.1) is 0 Å². The second-order valence-corrected chi connectivity index (χ2v) is 2.29. The highest BCUT2D eigenvalue weighted by Crippen LogP contribution is 2.16. The summed E-state index contributed by atoms with van der Waals surface area (Å²) >= 11 is 0. The van der Waals surface area contributed by atoms with Crippen molar-refractivity contribution in [3.63, 3.8) is 0 Å². The smallest absolute Gasteiger partial charge is 0.0342 e. The van der Waals surface area contributed by atoms with Gasteiger partial charge in [-0.05, 0) is 30.0 Å². The number of allylic oxidation sites excluding steroid dienone is 1. The van der Waals surface area contributed by atoms with Crippen molar-refractivity contribution >= 4 is 6.08 Å². The van der Waals surface area contributed by atoms with Crippen molar-refractivity contribution in [2.75, 3.05) is 0 Å². The number of hydrogen-bond acceptors (Lipinski definition) is 1. The molecule has 1 heteroatoms. The average Bonchev–Trinajstić information content (AvgIpc) is 2.02. The third kappa shape index (κ3) is 0.838. The van der Waals surface area contributed by atoms with Crippen LogP contribution in [0.15, 0.2) is 24.5 Å². The third-order valence-corrected chi connectivity index (χ3v) is 1.62. The topological polar surface area (TPSA) is 12.9 Å². The highest BCUT2D eigenvalue weighted by Gasteiger charge is 2.01. The Morgan fingerprint density at radius 2 is 2.60 bits per heavy atom. The number of rotatable bonds is 0. The van der Waals surface area contributed by atoms with Crippen LogP contribution in [0.1, 0.15) is 20.2 Å². The molecule has 1 heterocycles. The summed E-state index contributed by atoms with van der Waals surface area (Å²) in [5, 5.41) is 0. The first-order valence-corrected chi connectivity index (χ1v) is 3.29. The van der Waals surface area contributed by atoms with Crippen LogP contribution in [0.5, 0.6) is 0 Å². The van der Waals surface area contributed by atoms with E-state index >= 15 is 0 Å². The molecule has 2 rings (SSSR count). The maximum atomic E-state index is 7.52. The predicted octanol–water partition coefficient (Wildman–Crippen LogP) is 2.04. The minimum atomic E-state index is -1.19. The summed E-state index contributed by atoms with van der Waals surface area (Å²) in [5.41, 5.74) is 2.07. The lowest BCUT2D eigenvalue weighted by atomic mass is 10.0. The van der Waals surface area contributed by atoms with Gasteiger partial charge in [0.1, 0.15) is 0 Å². The molecule has 0 unspecified atom stereocenters. The highest BCUT2D eigenvalue weighted by molar-refractivity contribution is 5.54. The van der Waals surface area contributed by atoms with Crippen LogP contribution < -0.4 is 0 Å². The van der Waals surface area contributed by atoms with Gasteiger partial charge in [0.15, 0.2) is 0 Å². The van der Waals surface area contributed by atoms with Gasteiger partial charge in [0.2, 0.25) is 0 Å². The first-order valence-electron chi connectivity index (χ1n) is 4.29. The third-order valence-electron chi connectivity index (χ3n) is 1.62. The van der Waals surface area contributed by atoms with Crippen LogP contribution in [0.4, 0.5) is 0 Å². The van der Waals surface area contributed by atoms with Gasteiger partial charge in [0, 0.05) is 15.1 Å². The minimum Gasteiger partial charge on any atom is -0.264 e. The van der Waals surface area contributed by atoms with E-state index in [4.69, 9.17) is 2.74 Å². The summed E-state index contributed by atoms with van der Waals surface area (Å²) in [6, 6.07) is 1.87. The first kappa shape index (κ1) is 3.91. The lowest BCUT2D eigenvalue weighted by Gasteiger charge is -2.07. The lowest BCUT2D eigenvalue weighted by Crippen LogP contribution is -1.93. The molecule has 10 heavy (non-hydrogen) atoms. The largest absolute Gasteiger partial charge is 0.264 e. The van der Waals surface area contributed by atoms with Crippen LogP contribution in [-0.4, -0.2) is 4.98 Å². The summed E-state index contributed by atoms with van der Waals surface area (Å²) < 4.78 is 15.0. The lowest BCUT2D eigenvalue weighted by molar-refractivity contribution is 0.977. The fourth-order valence-electron chi connectivity index (χ4n) is 1.06. The SMILES string of the molecule is [2H]C1([2H])C=Cc2cnccc2C1. The van der Waals surface area contributed by atoms with Gasteiger partial charge in [-0.1, -0.05) is 12.2 Å². The highest BCUT2D eigenvalue weighted by atomic mass is 14.6. The molecule has 1 aliphatic carbocycles. The molecule has 0 radical (unpaired) electrons. The molecule has 0 amide bonds. The molecule has 1 aliphatic rings. The van der Waals surface area contributed by atoms with Crippen LogP contribution >= 0.6 is 0 Å². The number of nitrogens with zero attached hydrogens (tertiary/aromatic N) is 1. The van der Waals surface area contributed by atoms with E-state index in [2.05, 4.69) is 4.98 Å². The molecule has 0 bridgehead atoms. The predicted molar refractivity (Wildman–Crippen MR) is 41.6 cm³/mol. The van der Waals surface area contributed by atoms with E-state index in [0.29, 0.717) is 6.42 Å². The molecular weight excluding hydrogens is 122 g/mol. The number of pyridine rings is 1. The summed E-state index contributed by atoms with van der Waals surface area (Å²) in [6.07, 6.45) is 6.13. The number of aromatic nitrogens is 1. The standard InChI is InChI=1S/C9H9N/c1-2-4-9-7-10-6-5-8(9)3-1/h2,4-7H,1,3H2/i1D2. The summed E-state index contributed by atoms with van der Waals surface area (Å²) in [5.74, 6) is 0. The average molecular weight is 133 g/mol. The Bertz CT molecular complexity index is 331. The summed E-state index contributed by atoms with van der Waals surface area (Å²) in [7, 11) is 0. The fourth-order valence-corrected chi connectivity index (χ4v) is 1.06. The Kier molecular flexibility index (Phi) is 0.882. The molecule has 50 valence electrons. The van der Waals surface area contributed by atoms with Gasteiger partial charge in [-0.25, -0.2) is 0 Å². The Morgan fingerprint density at radius 1 is 1.60 bits per heavy atom. The Hall–Kier alpha value is -1.11. The van der Waals surface area contributed by atoms with Gasteiger partial charge >= 0.3 is 0 Å². The van der Waals surface area contributed by atoms with Gasteiger partial charge in [0.05, 0.1) is 0 Å². The van der Waals surface area contributed by atoms with Gasteiger partial charge in [-0.3, -0.25) is 4.98 Å². The van der Waals surface area contributed by atoms with Crippen LogP contribution in [0.25, 0.3) is 6.08 Å². The number of aryl methyl sites for hydroxylation is 1. The van der Waals surface area contributed by atoms with Crippen LogP contribution in [-0.2, 0) is 6.42 Å². The normalized spacial score (nSPS) is 22.8. The van der Waals surface area contributed by atoms with Crippen molar-refractivity contribution in [2.24, 2.45) is 0 Å². The monoisotopic (exact) mass is 133 g/mol. The van der Waals surface area contributed by atoms with E-state index in [0.717, 1.165) is 11.1 Å². The van der Waals surface area contributed by atoms with Gasteiger partial charge in [0.25, 0.3) is 0 Å². The van der Waals surface area contributed by atoms with Gasteiger partial charge in [-0.2, -0.15) is 0 Å². The van der Waals surface area contributed by atoms with Crippen molar-refractivity contribution in [2.45, 2.75) is 12.8 Å². The fraction of sp³-hybridized carbons (Fsp3) is 0.222. The van der Waals surface area contributed by atoms with Gasteiger partial charge in [-0.15, -0.1) is 0 Å². The van der Waals surface area contributed by atoms with E-state index < -0.39 is 6.37 Å². The van der Waals surface area contributed by atoms with E-state index in [1.807, 2.05) is 6.07 Å². The van der Waals surface area contributed by atoms with Gasteiger partial charge < -0.3 is 0 Å². The molecule has 0 N–H and O–H groups in total. The van der Waals surface area contributed by atoms with Crippen molar-refractivity contribution in [3.05, 3.63) is 35.7 Å². The molecule has 0 spiro atoms. The van der Waals surface area contributed by atoms with E-state index in [9.17, 15) is 0 Å². The van der Waals surface area contributed by atoms with Crippen molar-refractivity contribution < 1.29 is 2.74 Å². The molecule has 1 nitrogen and oxygen atoms in total. The molecule has 1 aromatic heterocycles. The Morgan fingerprint density at radius 3 is 3.60 bits per heavy atom. The zero-order valence-electron chi connectivity index (χ0n) is 7.54. The van der Waals surface area contributed by atoms with E-state index in [1.54, 1.807) is 24.5 Å². The molecule has 0 aromatic carbocycles.